The van der Waals surface area contributed by atoms with E-state index in [0.29, 0.717) is 5.91 Å². The number of likely N-dealkylation sites (tertiary alicyclic amines) is 2. The largest absolute Gasteiger partial charge is 0.333 e. The zero-order valence-corrected chi connectivity index (χ0v) is 14.6. The third kappa shape index (κ3) is 3.77. The van der Waals surface area contributed by atoms with Crippen LogP contribution in [-0.2, 0) is 11.3 Å². The number of rotatable bonds is 4. The summed E-state index contributed by atoms with van der Waals surface area (Å²) < 4.78 is 0. The minimum atomic E-state index is 0.110. The minimum Gasteiger partial charge on any atom is -0.333 e. The summed E-state index contributed by atoms with van der Waals surface area (Å²) in [6.07, 6.45) is 5.30. The van der Waals surface area contributed by atoms with Crippen molar-refractivity contribution in [3.05, 3.63) is 35.9 Å². The fourth-order valence-corrected chi connectivity index (χ4v) is 4.35. The van der Waals surface area contributed by atoms with Crippen molar-refractivity contribution in [1.29, 1.82) is 0 Å². The Balaban J connectivity index is 1.72. The summed E-state index contributed by atoms with van der Waals surface area (Å²) in [7, 11) is 0. The van der Waals surface area contributed by atoms with Gasteiger partial charge >= 0.3 is 0 Å². The highest BCUT2D eigenvalue weighted by atomic mass is 16.2. The lowest BCUT2D eigenvalue weighted by molar-refractivity contribution is -0.132. The van der Waals surface area contributed by atoms with E-state index in [9.17, 15) is 4.79 Å². The third-order valence-electron chi connectivity index (χ3n) is 5.49. The number of nitrogens with zero attached hydrogens (tertiary/aromatic N) is 2. The minimum absolute atomic E-state index is 0.110. The second-order valence-corrected chi connectivity index (χ2v) is 7.74. The first-order valence-electron chi connectivity index (χ1n) is 9.16. The number of carbonyl (C=O) groups is 1. The fourth-order valence-electron chi connectivity index (χ4n) is 4.35. The van der Waals surface area contributed by atoms with Gasteiger partial charge in [-0.3, -0.25) is 4.79 Å². The molecule has 1 amide bonds. The molecule has 3 rings (SSSR count). The Bertz CT molecular complexity index is 528. The van der Waals surface area contributed by atoms with Crippen LogP contribution in [0.3, 0.4) is 0 Å². The molecule has 0 radical (unpaired) electrons. The van der Waals surface area contributed by atoms with Crippen LogP contribution in [0, 0.1) is 5.92 Å². The average Bonchev–Trinajstić information content (AvgIpc) is 2.71. The van der Waals surface area contributed by atoms with Gasteiger partial charge in [0, 0.05) is 31.6 Å². The maximum Gasteiger partial charge on any atom is 0.223 e. The van der Waals surface area contributed by atoms with Crippen molar-refractivity contribution in [3.63, 3.8) is 0 Å². The molecule has 1 aromatic rings. The molecule has 1 atom stereocenters. The highest BCUT2D eigenvalue weighted by Crippen LogP contribution is 2.40. The van der Waals surface area contributed by atoms with E-state index in [0.717, 1.165) is 38.3 Å². The molecule has 0 aliphatic carbocycles. The first-order valence-corrected chi connectivity index (χ1v) is 9.16. The molecule has 2 aliphatic heterocycles. The number of hydrogen-bond donors (Lipinski definition) is 0. The zero-order valence-electron chi connectivity index (χ0n) is 14.6. The van der Waals surface area contributed by atoms with E-state index in [1.165, 1.54) is 31.5 Å². The summed E-state index contributed by atoms with van der Waals surface area (Å²) in [5.41, 5.74) is 1.36. The smallest absolute Gasteiger partial charge is 0.223 e. The highest BCUT2D eigenvalue weighted by Gasteiger charge is 2.45. The summed E-state index contributed by atoms with van der Waals surface area (Å²) >= 11 is 0. The number of amides is 1. The van der Waals surface area contributed by atoms with Crippen molar-refractivity contribution < 1.29 is 4.79 Å². The predicted molar refractivity (Wildman–Crippen MR) is 94.1 cm³/mol. The van der Waals surface area contributed by atoms with E-state index in [-0.39, 0.29) is 5.54 Å². The Kier molecular flexibility index (Phi) is 5.05. The Labute approximate surface area is 140 Å². The number of hydrogen-bond acceptors (Lipinski definition) is 2. The van der Waals surface area contributed by atoms with Gasteiger partial charge in [-0.2, -0.15) is 0 Å². The van der Waals surface area contributed by atoms with Crippen LogP contribution in [0.5, 0.6) is 0 Å². The lowest BCUT2D eigenvalue weighted by atomic mass is 9.87. The molecule has 0 aromatic heterocycles. The van der Waals surface area contributed by atoms with E-state index in [1.807, 2.05) is 6.07 Å². The Morgan fingerprint density at radius 1 is 1.09 bits per heavy atom. The Hall–Kier alpha value is -1.35. The molecule has 3 heteroatoms. The van der Waals surface area contributed by atoms with Crippen molar-refractivity contribution in [2.24, 2.45) is 5.92 Å². The molecule has 126 valence electrons. The third-order valence-corrected chi connectivity index (χ3v) is 5.49. The fraction of sp³-hybridized carbons (Fsp3) is 0.650. The molecule has 2 heterocycles. The van der Waals surface area contributed by atoms with E-state index in [1.54, 1.807) is 0 Å². The summed E-state index contributed by atoms with van der Waals surface area (Å²) in [6.45, 7) is 8.87. The molecular formula is C20H30N2O. The SMILES string of the molecule is CC(C)CN1CCCC2(CCC(=O)N2Cc2ccccc2)CC1. The van der Waals surface area contributed by atoms with E-state index in [4.69, 9.17) is 0 Å². The monoisotopic (exact) mass is 314 g/mol. The van der Waals surface area contributed by atoms with Gasteiger partial charge in [-0.1, -0.05) is 44.2 Å². The lowest BCUT2D eigenvalue weighted by Crippen LogP contribution is -2.46. The zero-order chi connectivity index (χ0) is 16.3. The molecule has 0 bridgehead atoms. The molecule has 2 aliphatic rings. The molecule has 1 unspecified atom stereocenters. The molecule has 1 spiro atoms. The van der Waals surface area contributed by atoms with Crippen LogP contribution in [0.2, 0.25) is 0 Å². The van der Waals surface area contributed by atoms with Gasteiger partial charge < -0.3 is 9.80 Å². The quantitative estimate of drug-likeness (QED) is 0.846. The van der Waals surface area contributed by atoms with Gasteiger partial charge in [-0.25, -0.2) is 0 Å². The van der Waals surface area contributed by atoms with Gasteiger partial charge in [0.05, 0.1) is 0 Å². The second kappa shape index (κ2) is 7.04. The lowest BCUT2D eigenvalue weighted by Gasteiger charge is -2.38. The Morgan fingerprint density at radius 2 is 1.87 bits per heavy atom. The number of carbonyl (C=O) groups excluding carboxylic acids is 1. The molecule has 2 saturated heterocycles. The van der Waals surface area contributed by atoms with Crippen molar-refractivity contribution in [3.8, 4) is 0 Å². The maximum absolute atomic E-state index is 12.5. The van der Waals surface area contributed by atoms with E-state index < -0.39 is 0 Å². The summed E-state index contributed by atoms with van der Waals surface area (Å²) in [6, 6.07) is 10.5. The van der Waals surface area contributed by atoms with Crippen LogP contribution in [0.25, 0.3) is 0 Å². The van der Waals surface area contributed by atoms with Gasteiger partial charge in [0.1, 0.15) is 0 Å². The Morgan fingerprint density at radius 3 is 2.61 bits per heavy atom. The van der Waals surface area contributed by atoms with Gasteiger partial charge in [-0.05, 0) is 43.7 Å². The molecule has 0 N–H and O–H groups in total. The highest BCUT2D eigenvalue weighted by molar-refractivity contribution is 5.79. The average molecular weight is 314 g/mol. The van der Waals surface area contributed by atoms with Crippen molar-refractivity contribution in [1.82, 2.24) is 9.80 Å². The van der Waals surface area contributed by atoms with Crippen LogP contribution in [0.4, 0.5) is 0 Å². The van der Waals surface area contributed by atoms with E-state index >= 15 is 0 Å². The first-order chi connectivity index (χ1) is 11.1. The standard InChI is InChI=1S/C20H30N2O/c1-17(2)15-21-13-6-10-20(12-14-21)11-9-19(23)22(20)16-18-7-4-3-5-8-18/h3-5,7-8,17H,6,9-16H2,1-2H3. The summed E-state index contributed by atoms with van der Waals surface area (Å²) in [4.78, 5) is 17.3. The van der Waals surface area contributed by atoms with Crippen LogP contribution in [-0.4, -0.2) is 40.9 Å². The molecule has 3 nitrogen and oxygen atoms in total. The maximum atomic E-state index is 12.5. The van der Waals surface area contributed by atoms with Crippen molar-refractivity contribution >= 4 is 5.91 Å². The molecular weight excluding hydrogens is 284 g/mol. The number of benzene rings is 1. The van der Waals surface area contributed by atoms with Crippen LogP contribution in [0.15, 0.2) is 30.3 Å². The van der Waals surface area contributed by atoms with Crippen molar-refractivity contribution in [2.75, 3.05) is 19.6 Å². The van der Waals surface area contributed by atoms with Crippen LogP contribution < -0.4 is 0 Å². The normalized spacial score (nSPS) is 26.2. The van der Waals surface area contributed by atoms with Gasteiger partial charge in [-0.15, -0.1) is 0 Å². The van der Waals surface area contributed by atoms with Crippen LogP contribution in [0.1, 0.15) is 51.5 Å². The van der Waals surface area contributed by atoms with Gasteiger partial charge in [0.25, 0.3) is 0 Å². The molecule has 23 heavy (non-hydrogen) atoms. The summed E-state index contributed by atoms with van der Waals surface area (Å²) in [5, 5.41) is 0. The molecule has 1 aromatic carbocycles. The predicted octanol–water partition coefficient (Wildman–Crippen LogP) is 3.69. The molecule has 2 fully saturated rings. The van der Waals surface area contributed by atoms with E-state index in [2.05, 4.69) is 47.9 Å². The van der Waals surface area contributed by atoms with Crippen molar-refractivity contribution in [2.45, 2.75) is 58.0 Å². The van der Waals surface area contributed by atoms with Gasteiger partial charge in [0.2, 0.25) is 5.91 Å². The molecule has 0 saturated carbocycles. The second-order valence-electron chi connectivity index (χ2n) is 7.74. The van der Waals surface area contributed by atoms with Crippen LogP contribution >= 0.6 is 0 Å². The first kappa shape index (κ1) is 16.5. The summed E-state index contributed by atoms with van der Waals surface area (Å²) in [5.74, 6) is 1.07. The van der Waals surface area contributed by atoms with Gasteiger partial charge in [0.15, 0.2) is 0 Å². The topological polar surface area (TPSA) is 23.6 Å².